The lowest BCUT2D eigenvalue weighted by molar-refractivity contribution is -0.124. The number of hydrogen-bond acceptors (Lipinski definition) is 5. The third-order valence-electron chi connectivity index (χ3n) is 4.33. The monoisotopic (exact) mass is 385 g/mol. The fraction of sp³-hybridized carbons (Fsp3) is 0.364. The molecule has 0 saturated heterocycles. The van der Waals surface area contributed by atoms with Crippen LogP contribution < -0.4 is 14.8 Å². The van der Waals surface area contributed by atoms with Crippen molar-refractivity contribution in [3.63, 3.8) is 0 Å². The Morgan fingerprint density at radius 3 is 2.25 bits per heavy atom. The molecule has 0 aliphatic carbocycles. The molecule has 0 spiro atoms. The molecule has 0 unspecified atom stereocenters. The number of methoxy groups -OCH3 is 2. The Balaban J connectivity index is 1.76. The van der Waals surface area contributed by atoms with Gasteiger partial charge in [-0.3, -0.25) is 4.79 Å². The van der Waals surface area contributed by atoms with Crippen molar-refractivity contribution in [3.05, 3.63) is 59.2 Å². The number of amides is 1. The number of carbonyl (C=O) groups is 2. The van der Waals surface area contributed by atoms with Gasteiger partial charge in [0.1, 0.15) is 0 Å². The van der Waals surface area contributed by atoms with Gasteiger partial charge < -0.3 is 19.5 Å². The van der Waals surface area contributed by atoms with Crippen LogP contribution in [-0.2, 0) is 16.0 Å². The van der Waals surface area contributed by atoms with E-state index < -0.39 is 5.97 Å². The van der Waals surface area contributed by atoms with E-state index in [9.17, 15) is 9.59 Å². The number of ether oxygens (including phenoxy) is 3. The maximum Gasteiger partial charge on any atom is 0.338 e. The van der Waals surface area contributed by atoms with E-state index in [4.69, 9.17) is 14.2 Å². The predicted molar refractivity (Wildman–Crippen MR) is 107 cm³/mol. The topological polar surface area (TPSA) is 73.9 Å². The number of hydrogen-bond donors (Lipinski definition) is 1. The highest BCUT2D eigenvalue weighted by Gasteiger charge is 2.11. The van der Waals surface area contributed by atoms with Crippen molar-refractivity contribution >= 4 is 11.9 Å². The van der Waals surface area contributed by atoms with Gasteiger partial charge in [0, 0.05) is 6.54 Å². The zero-order valence-corrected chi connectivity index (χ0v) is 16.8. The molecule has 1 amide bonds. The van der Waals surface area contributed by atoms with Crippen LogP contribution >= 0.6 is 0 Å². The van der Waals surface area contributed by atoms with E-state index in [2.05, 4.69) is 19.2 Å². The molecule has 2 aromatic rings. The van der Waals surface area contributed by atoms with Crippen LogP contribution in [0.25, 0.3) is 0 Å². The quantitative estimate of drug-likeness (QED) is 0.670. The Hall–Kier alpha value is -3.02. The van der Waals surface area contributed by atoms with Gasteiger partial charge in [-0.15, -0.1) is 0 Å². The van der Waals surface area contributed by atoms with E-state index in [0.717, 1.165) is 11.1 Å². The molecule has 0 bridgehead atoms. The SMILES string of the molecule is COc1ccc(CCNC(=O)COC(=O)c2ccc(C(C)C)cc2)cc1OC. The maximum absolute atomic E-state index is 12.0. The van der Waals surface area contributed by atoms with Gasteiger partial charge in [-0.1, -0.05) is 32.0 Å². The molecular weight excluding hydrogens is 358 g/mol. The number of rotatable bonds is 9. The lowest BCUT2D eigenvalue weighted by Gasteiger charge is -2.10. The van der Waals surface area contributed by atoms with Gasteiger partial charge in [0.25, 0.3) is 5.91 Å². The Kier molecular flexibility index (Phi) is 7.87. The summed E-state index contributed by atoms with van der Waals surface area (Å²) in [6.45, 7) is 4.28. The Labute approximate surface area is 165 Å². The largest absolute Gasteiger partial charge is 0.493 e. The lowest BCUT2D eigenvalue weighted by atomic mass is 10.0. The van der Waals surface area contributed by atoms with E-state index in [0.29, 0.717) is 35.9 Å². The highest BCUT2D eigenvalue weighted by Crippen LogP contribution is 2.27. The summed E-state index contributed by atoms with van der Waals surface area (Å²) in [6.07, 6.45) is 0.622. The van der Waals surface area contributed by atoms with Gasteiger partial charge in [0.15, 0.2) is 18.1 Å². The summed E-state index contributed by atoms with van der Waals surface area (Å²) in [5.74, 6) is 0.840. The van der Waals surface area contributed by atoms with E-state index in [1.54, 1.807) is 26.4 Å². The molecule has 0 aromatic heterocycles. The molecule has 0 aliphatic rings. The number of benzene rings is 2. The van der Waals surface area contributed by atoms with Crippen molar-refractivity contribution in [2.45, 2.75) is 26.2 Å². The van der Waals surface area contributed by atoms with Gasteiger partial charge in [-0.2, -0.15) is 0 Å². The van der Waals surface area contributed by atoms with Crippen LogP contribution in [0.3, 0.4) is 0 Å². The first-order chi connectivity index (χ1) is 13.4. The normalized spacial score (nSPS) is 10.5. The van der Waals surface area contributed by atoms with Gasteiger partial charge in [0.05, 0.1) is 19.8 Å². The first-order valence-corrected chi connectivity index (χ1v) is 9.19. The predicted octanol–water partition coefficient (Wildman–Crippen LogP) is 3.34. The van der Waals surface area contributed by atoms with Crippen molar-refractivity contribution in [3.8, 4) is 11.5 Å². The fourth-order valence-corrected chi connectivity index (χ4v) is 2.65. The molecule has 0 atom stereocenters. The first kappa shape index (κ1) is 21.3. The summed E-state index contributed by atoms with van der Waals surface area (Å²) < 4.78 is 15.5. The second-order valence-electron chi connectivity index (χ2n) is 6.64. The summed E-state index contributed by atoms with van der Waals surface area (Å²) in [6, 6.07) is 12.8. The molecule has 6 nitrogen and oxygen atoms in total. The summed E-state index contributed by atoms with van der Waals surface area (Å²) >= 11 is 0. The van der Waals surface area contributed by atoms with E-state index >= 15 is 0 Å². The summed E-state index contributed by atoms with van der Waals surface area (Å²) in [5.41, 5.74) is 2.58. The van der Waals surface area contributed by atoms with Crippen LogP contribution in [0.1, 0.15) is 41.3 Å². The molecule has 1 N–H and O–H groups in total. The molecule has 6 heteroatoms. The van der Waals surface area contributed by atoms with Gasteiger partial charge in [-0.25, -0.2) is 4.79 Å². The van der Waals surface area contributed by atoms with Crippen LogP contribution in [0.2, 0.25) is 0 Å². The number of carbonyl (C=O) groups excluding carboxylic acids is 2. The van der Waals surface area contributed by atoms with Crippen LogP contribution in [0.15, 0.2) is 42.5 Å². The first-order valence-electron chi connectivity index (χ1n) is 9.19. The van der Waals surface area contributed by atoms with Crippen LogP contribution in [0.4, 0.5) is 0 Å². The maximum atomic E-state index is 12.0. The lowest BCUT2D eigenvalue weighted by Crippen LogP contribution is -2.30. The van der Waals surface area contributed by atoms with E-state index in [1.165, 1.54) is 0 Å². The van der Waals surface area contributed by atoms with Crippen molar-refractivity contribution < 1.29 is 23.8 Å². The molecule has 2 aromatic carbocycles. The average Bonchev–Trinajstić information content (AvgIpc) is 2.71. The number of nitrogens with one attached hydrogen (secondary N) is 1. The molecule has 0 radical (unpaired) electrons. The molecule has 0 fully saturated rings. The highest BCUT2D eigenvalue weighted by atomic mass is 16.5. The molecule has 0 aliphatic heterocycles. The second kappa shape index (κ2) is 10.3. The summed E-state index contributed by atoms with van der Waals surface area (Å²) in [7, 11) is 3.16. The third kappa shape index (κ3) is 6.01. The Bertz CT molecular complexity index is 799. The molecule has 150 valence electrons. The number of esters is 1. The standard InChI is InChI=1S/C22H27NO5/c1-15(2)17-6-8-18(9-7-17)22(25)28-14-21(24)23-12-11-16-5-10-19(26-3)20(13-16)27-4/h5-10,13,15H,11-12,14H2,1-4H3,(H,23,24). The zero-order valence-electron chi connectivity index (χ0n) is 16.8. The summed E-state index contributed by atoms with van der Waals surface area (Å²) in [4.78, 5) is 23.9. The Morgan fingerprint density at radius 2 is 1.64 bits per heavy atom. The molecule has 0 saturated carbocycles. The van der Waals surface area contributed by atoms with Crippen LogP contribution in [0, 0.1) is 0 Å². The summed E-state index contributed by atoms with van der Waals surface area (Å²) in [5, 5.41) is 2.74. The average molecular weight is 385 g/mol. The third-order valence-corrected chi connectivity index (χ3v) is 4.33. The van der Waals surface area contributed by atoms with Crippen molar-refractivity contribution in [2.75, 3.05) is 27.4 Å². The zero-order chi connectivity index (χ0) is 20.5. The molecule has 0 heterocycles. The fourth-order valence-electron chi connectivity index (χ4n) is 2.65. The molecule has 28 heavy (non-hydrogen) atoms. The minimum atomic E-state index is -0.509. The minimum absolute atomic E-state index is 0.309. The van der Waals surface area contributed by atoms with Crippen molar-refractivity contribution in [1.82, 2.24) is 5.32 Å². The second-order valence-corrected chi connectivity index (χ2v) is 6.64. The highest BCUT2D eigenvalue weighted by molar-refractivity contribution is 5.91. The van der Waals surface area contributed by atoms with Gasteiger partial charge >= 0.3 is 5.97 Å². The Morgan fingerprint density at radius 1 is 0.964 bits per heavy atom. The van der Waals surface area contributed by atoms with E-state index in [-0.39, 0.29) is 12.5 Å². The van der Waals surface area contributed by atoms with E-state index in [1.807, 2.05) is 30.3 Å². The molecule has 2 rings (SSSR count). The van der Waals surface area contributed by atoms with Crippen molar-refractivity contribution in [1.29, 1.82) is 0 Å². The van der Waals surface area contributed by atoms with Crippen LogP contribution in [-0.4, -0.2) is 39.2 Å². The van der Waals surface area contributed by atoms with Gasteiger partial charge in [-0.05, 0) is 47.7 Å². The van der Waals surface area contributed by atoms with Crippen LogP contribution in [0.5, 0.6) is 11.5 Å². The smallest absolute Gasteiger partial charge is 0.338 e. The minimum Gasteiger partial charge on any atom is -0.493 e. The van der Waals surface area contributed by atoms with Gasteiger partial charge in [0.2, 0.25) is 0 Å². The molecular formula is C22H27NO5. The van der Waals surface area contributed by atoms with Crippen molar-refractivity contribution in [2.24, 2.45) is 0 Å².